The third-order valence-electron chi connectivity index (χ3n) is 5.50. The van der Waals surface area contributed by atoms with Crippen LogP contribution in [0, 0.1) is 0 Å². The Hall–Kier alpha value is -2.54. The Bertz CT molecular complexity index is 1110. The van der Waals surface area contributed by atoms with Crippen molar-refractivity contribution in [3.05, 3.63) is 64.3 Å². The minimum Gasteiger partial charge on any atom is -0.383 e. The van der Waals surface area contributed by atoms with E-state index in [-0.39, 0.29) is 11.8 Å². The molecule has 1 aliphatic heterocycles. The Balaban J connectivity index is 1.49. The van der Waals surface area contributed by atoms with E-state index in [1.807, 2.05) is 30.5 Å². The van der Waals surface area contributed by atoms with Crippen molar-refractivity contribution in [1.29, 1.82) is 0 Å². The largest absolute Gasteiger partial charge is 0.383 e. The summed E-state index contributed by atoms with van der Waals surface area (Å²) in [6.07, 6.45) is 3.38. The van der Waals surface area contributed by atoms with Gasteiger partial charge in [0.2, 0.25) is 5.91 Å². The molecule has 3 aromatic rings. The Kier molecular flexibility index (Phi) is 6.51. The molecule has 1 atom stereocenters. The number of anilines is 1. The molecule has 0 radical (unpaired) electrons. The van der Waals surface area contributed by atoms with Gasteiger partial charge in [-0.3, -0.25) is 9.59 Å². The van der Waals surface area contributed by atoms with Gasteiger partial charge in [0, 0.05) is 58.6 Å². The molecule has 1 aromatic heterocycles. The Morgan fingerprint density at radius 3 is 2.65 bits per heavy atom. The maximum atomic E-state index is 13.0. The molecule has 2 amide bonds. The number of rotatable bonds is 6. The summed E-state index contributed by atoms with van der Waals surface area (Å²) in [5.41, 5.74) is 2.16. The average molecular weight is 460 g/mol. The fourth-order valence-electron chi connectivity index (χ4n) is 4.01. The van der Waals surface area contributed by atoms with Gasteiger partial charge in [0.05, 0.1) is 6.61 Å². The van der Waals surface area contributed by atoms with Crippen LogP contribution in [0.1, 0.15) is 23.2 Å². The zero-order valence-electron chi connectivity index (χ0n) is 17.1. The second-order valence-electron chi connectivity index (χ2n) is 7.58. The van der Waals surface area contributed by atoms with E-state index in [0.29, 0.717) is 40.9 Å². The van der Waals surface area contributed by atoms with Crippen LogP contribution < -0.4 is 5.32 Å². The third-order valence-corrected chi connectivity index (χ3v) is 5.94. The summed E-state index contributed by atoms with van der Waals surface area (Å²) in [7, 11) is 1.68. The Morgan fingerprint density at radius 2 is 1.90 bits per heavy atom. The van der Waals surface area contributed by atoms with Crippen LogP contribution in [-0.2, 0) is 16.1 Å². The Labute approximate surface area is 190 Å². The number of aromatic nitrogens is 1. The number of nitrogens with one attached hydrogen (secondary N) is 1. The number of fused-ring (bicyclic) bond motifs is 1. The SMILES string of the molecule is COCCn1ccc2cc(NC(=O)C3CCCN3C(=O)c3cc(Cl)cc(Cl)c3)ccc21. The summed E-state index contributed by atoms with van der Waals surface area (Å²) in [4.78, 5) is 27.6. The van der Waals surface area contributed by atoms with Gasteiger partial charge in [-0.15, -0.1) is 0 Å². The quantitative estimate of drug-likeness (QED) is 0.573. The van der Waals surface area contributed by atoms with Gasteiger partial charge < -0.3 is 19.5 Å². The van der Waals surface area contributed by atoms with E-state index in [1.165, 1.54) is 0 Å². The second-order valence-corrected chi connectivity index (χ2v) is 8.45. The van der Waals surface area contributed by atoms with Crippen LogP contribution in [0.2, 0.25) is 10.0 Å². The zero-order valence-corrected chi connectivity index (χ0v) is 18.6. The molecule has 6 nitrogen and oxygen atoms in total. The van der Waals surface area contributed by atoms with E-state index in [4.69, 9.17) is 27.9 Å². The molecule has 31 heavy (non-hydrogen) atoms. The predicted molar refractivity (Wildman–Crippen MR) is 123 cm³/mol. The number of nitrogens with zero attached hydrogens (tertiary/aromatic N) is 2. The number of halogens is 2. The third kappa shape index (κ3) is 4.71. The lowest BCUT2D eigenvalue weighted by atomic mass is 10.1. The van der Waals surface area contributed by atoms with Crippen molar-refractivity contribution in [2.45, 2.75) is 25.4 Å². The monoisotopic (exact) mass is 459 g/mol. The first-order chi connectivity index (χ1) is 15.0. The minimum absolute atomic E-state index is 0.197. The van der Waals surface area contributed by atoms with Gasteiger partial charge >= 0.3 is 0 Å². The molecule has 8 heteroatoms. The molecule has 2 aromatic carbocycles. The van der Waals surface area contributed by atoms with Gasteiger partial charge in [-0.1, -0.05) is 23.2 Å². The van der Waals surface area contributed by atoms with E-state index in [2.05, 4.69) is 9.88 Å². The summed E-state index contributed by atoms with van der Waals surface area (Å²) in [5.74, 6) is -0.440. The highest BCUT2D eigenvalue weighted by Gasteiger charge is 2.34. The zero-order chi connectivity index (χ0) is 22.0. The van der Waals surface area contributed by atoms with Crippen molar-refractivity contribution >= 4 is 51.6 Å². The van der Waals surface area contributed by atoms with Gasteiger partial charge in [0.1, 0.15) is 6.04 Å². The van der Waals surface area contributed by atoms with Gasteiger partial charge in [-0.25, -0.2) is 0 Å². The van der Waals surface area contributed by atoms with E-state index in [9.17, 15) is 9.59 Å². The van der Waals surface area contributed by atoms with Crippen molar-refractivity contribution < 1.29 is 14.3 Å². The smallest absolute Gasteiger partial charge is 0.254 e. The molecule has 2 heterocycles. The van der Waals surface area contributed by atoms with Gasteiger partial charge in [-0.05, 0) is 55.3 Å². The number of benzene rings is 2. The molecule has 1 saturated heterocycles. The number of hydrogen-bond acceptors (Lipinski definition) is 3. The van der Waals surface area contributed by atoms with Crippen LogP contribution >= 0.6 is 23.2 Å². The topological polar surface area (TPSA) is 63.6 Å². The van der Waals surface area contributed by atoms with E-state index < -0.39 is 6.04 Å². The summed E-state index contributed by atoms with van der Waals surface area (Å²) in [6.45, 7) is 1.91. The van der Waals surface area contributed by atoms with Crippen LogP contribution in [0.15, 0.2) is 48.7 Å². The standard InChI is InChI=1S/C23H23Cl2N3O3/c1-31-10-9-27-8-6-15-13-19(4-5-20(15)27)26-22(29)21-3-2-7-28(21)23(30)16-11-17(24)14-18(25)12-16/h4-6,8,11-14,21H,2-3,7,9-10H2,1H3,(H,26,29). The first-order valence-corrected chi connectivity index (χ1v) is 10.9. The Morgan fingerprint density at radius 1 is 1.13 bits per heavy atom. The highest BCUT2D eigenvalue weighted by atomic mass is 35.5. The normalized spacial score (nSPS) is 16.1. The maximum absolute atomic E-state index is 13.0. The molecular formula is C23H23Cl2N3O3. The summed E-state index contributed by atoms with van der Waals surface area (Å²) in [5, 5.41) is 4.78. The van der Waals surface area contributed by atoms with E-state index >= 15 is 0 Å². The molecule has 1 unspecified atom stereocenters. The first-order valence-electron chi connectivity index (χ1n) is 10.1. The van der Waals surface area contributed by atoms with E-state index in [1.54, 1.807) is 30.2 Å². The molecule has 1 N–H and O–H groups in total. The highest BCUT2D eigenvalue weighted by Crippen LogP contribution is 2.26. The van der Waals surface area contributed by atoms with Crippen molar-refractivity contribution in [1.82, 2.24) is 9.47 Å². The highest BCUT2D eigenvalue weighted by molar-refractivity contribution is 6.35. The van der Waals surface area contributed by atoms with Crippen LogP contribution in [-0.4, -0.2) is 47.6 Å². The molecule has 1 aliphatic rings. The number of ether oxygens (including phenoxy) is 1. The molecule has 0 saturated carbocycles. The summed E-state index contributed by atoms with van der Waals surface area (Å²) in [6, 6.07) is 12.0. The number of methoxy groups -OCH3 is 1. The van der Waals surface area contributed by atoms with Crippen LogP contribution in [0.25, 0.3) is 10.9 Å². The fraction of sp³-hybridized carbons (Fsp3) is 0.304. The van der Waals surface area contributed by atoms with Gasteiger partial charge in [-0.2, -0.15) is 0 Å². The van der Waals surface area contributed by atoms with Crippen molar-refractivity contribution in [2.75, 3.05) is 25.6 Å². The number of hydrogen-bond donors (Lipinski definition) is 1. The number of likely N-dealkylation sites (tertiary alicyclic amines) is 1. The minimum atomic E-state index is -0.535. The fourth-order valence-corrected chi connectivity index (χ4v) is 4.54. The van der Waals surface area contributed by atoms with Gasteiger partial charge in [0.25, 0.3) is 5.91 Å². The number of carbonyl (C=O) groups is 2. The lowest BCUT2D eigenvalue weighted by Gasteiger charge is -2.24. The average Bonchev–Trinajstić information content (AvgIpc) is 3.38. The molecule has 0 bridgehead atoms. The van der Waals surface area contributed by atoms with Crippen LogP contribution in [0.3, 0.4) is 0 Å². The summed E-state index contributed by atoms with van der Waals surface area (Å²) < 4.78 is 7.26. The van der Waals surface area contributed by atoms with Crippen molar-refractivity contribution in [2.24, 2.45) is 0 Å². The number of carbonyl (C=O) groups excluding carboxylic acids is 2. The molecule has 0 spiro atoms. The first kappa shape index (κ1) is 21.7. The maximum Gasteiger partial charge on any atom is 0.254 e. The summed E-state index contributed by atoms with van der Waals surface area (Å²) >= 11 is 12.1. The van der Waals surface area contributed by atoms with Crippen molar-refractivity contribution in [3.8, 4) is 0 Å². The second kappa shape index (κ2) is 9.30. The molecule has 4 rings (SSSR count). The van der Waals surface area contributed by atoms with Gasteiger partial charge in [0.15, 0.2) is 0 Å². The molecule has 1 fully saturated rings. The molecule has 162 valence electrons. The number of amides is 2. The lowest BCUT2D eigenvalue weighted by molar-refractivity contribution is -0.119. The molecule has 0 aliphatic carbocycles. The van der Waals surface area contributed by atoms with Crippen LogP contribution in [0.4, 0.5) is 5.69 Å². The molecular weight excluding hydrogens is 437 g/mol. The van der Waals surface area contributed by atoms with E-state index in [0.717, 1.165) is 23.9 Å². The lowest BCUT2D eigenvalue weighted by Crippen LogP contribution is -2.43. The predicted octanol–water partition coefficient (Wildman–Crippen LogP) is 4.84. The van der Waals surface area contributed by atoms with Crippen molar-refractivity contribution in [3.63, 3.8) is 0 Å². The van der Waals surface area contributed by atoms with Crippen LogP contribution in [0.5, 0.6) is 0 Å².